The van der Waals surface area contributed by atoms with Gasteiger partial charge in [0.25, 0.3) is 0 Å². The van der Waals surface area contributed by atoms with Gasteiger partial charge in [-0.05, 0) is 44.0 Å². The standard InChI is InChI=1S/C20H26N6O/c1-16-4-6-17(7-5-16)21-20(27)26-14-12-25(13-15-26)19-9-8-18(22-23-19)24-10-2-3-11-24/h4-9H,2-3,10-15H2,1H3,(H,21,27). The Kier molecular flexibility index (Phi) is 5.09. The van der Waals surface area contributed by atoms with Gasteiger partial charge in [-0.3, -0.25) is 0 Å². The van der Waals surface area contributed by atoms with Gasteiger partial charge in [-0.15, -0.1) is 10.2 Å². The summed E-state index contributed by atoms with van der Waals surface area (Å²) in [5, 5.41) is 11.8. The van der Waals surface area contributed by atoms with E-state index in [1.807, 2.05) is 42.2 Å². The number of hydrogen-bond donors (Lipinski definition) is 1. The topological polar surface area (TPSA) is 64.6 Å². The Labute approximate surface area is 160 Å². The largest absolute Gasteiger partial charge is 0.355 e. The summed E-state index contributed by atoms with van der Waals surface area (Å²) in [6, 6.07) is 11.9. The van der Waals surface area contributed by atoms with Crippen LogP contribution in [-0.4, -0.2) is 60.4 Å². The number of anilines is 3. The molecule has 2 aromatic rings. The number of piperazine rings is 1. The highest BCUT2D eigenvalue weighted by Crippen LogP contribution is 2.20. The SMILES string of the molecule is Cc1ccc(NC(=O)N2CCN(c3ccc(N4CCCC4)nn3)CC2)cc1. The molecule has 27 heavy (non-hydrogen) atoms. The van der Waals surface area contributed by atoms with Gasteiger partial charge in [0.1, 0.15) is 0 Å². The summed E-state index contributed by atoms with van der Waals surface area (Å²) >= 11 is 0. The monoisotopic (exact) mass is 366 g/mol. The summed E-state index contributed by atoms with van der Waals surface area (Å²) in [6.45, 7) is 7.05. The molecule has 0 unspecified atom stereocenters. The third kappa shape index (κ3) is 4.13. The highest BCUT2D eigenvalue weighted by molar-refractivity contribution is 5.89. The second-order valence-electron chi connectivity index (χ2n) is 7.21. The van der Waals surface area contributed by atoms with Crippen molar-refractivity contribution < 1.29 is 4.79 Å². The lowest BCUT2D eigenvalue weighted by Crippen LogP contribution is -2.50. The molecule has 0 atom stereocenters. The van der Waals surface area contributed by atoms with Gasteiger partial charge in [0.05, 0.1) is 0 Å². The van der Waals surface area contributed by atoms with Crippen molar-refractivity contribution in [2.75, 3.05) is 54.4 Å². The van der Waals surface area contributed by atoms with E-state index in [1.165, 1.54) is 18.4 Å². The quantitative estimate of drug-likeness (QED) is 0.905. The van der Waals surface area contributed by atoms with Gasteiger partial charge >= 0.3 is 6.03 Å². The van der Waals surface area contributed by atoms with Crippen LogP contribution in [0.3, 0.4) is 0 Å². The van der Waals surface area contributed by atoms with Gasteiger partial charge in [-0.1, -0.05) is 17.7 Å². The smallest absolute Gasteiger partial charge is 0.321 e. The van der Waals surface area contributed by atoms with Crippen molar-refractivity contribution in [3.63, 3.8) is 0 Å². The van der Waals surface area contributed by atoms with Crippen LogP contribution >= 0.6 is 0 Å². The van der Waals surface area contributed by atoms with Crippen LogP contribution in [0.2, 0.25) is 0 Å². The fourth-order valence-electron chi connectivity index (χ4n) is 3.58. The van der Waals surface area contributed by atoms with Crippen LogP contribution in [0.4, 0.5) is 22.1 Å². The lowest BCUT2D eigenvalue weighted by Gasteiger charge is -2.35. The second kappa shape index (κ2) is 7.82. The van der Waals surface area contributed by atoms with Crippen LogP contribution in [0.5, 0.6) is 0 Å². The number of aryl methyl sites for hydroxylation is 1. The summed E-state index contributed by atoms with van der Waals surface area (Å²) < 4.78 is 0. The Morgan fingerprint density at radius 2 is 1.37 bits per heavy atom. The predicted octanol–water partition coefficient (Wildman–Crippen LogP) is 2.74. The molecule has 1 aromatic heterocycles. The fourth-order valence-corrected chi connectivity index (χ4v) is 3.58. The van der Waals surface area contributed by atoms with Gasteiger partial charge in [0.2, 0.25) is 0 Å². The minimum Gasteiger partial charge on any atom is -0.355 e. The van der Waals surface area contributed by atoms with Gasteiger partial charge in [0.15, 0.2) is 11.6 Å². The van der Waals surface area contributed by atoms with E-state index >= 15 is 0 Å². The van der Waals surface area contributed by atoms with Gasteiger partial charge in [0, 0.05) is 45.0 Å². The summed E-state index contributed by atoms with van der Waals surface area (Å²) in [5.41, 5.74) is 2.01. The third-order valence-corrected chi connectivity index (χ3v) is 5.26. The fraction of sp³-hybridized carbons (Fsp3) is 0.450. The van der Waals surface area contributed by atoms with E-state index in [-0.39, 0.29) is 6.03 Å². The molecule has 3 heterocycles. The Bertz CT molecular complexity index is 762. The second-order valence-corrected chi connectivity index (χ2v) is 7.21. The van der Waals surface area contributed by atoms with Crippen molar-refractivity contribution in [3.05, 3.63) is 42.0 Å². The van der Waals surface area contributed by atoms with Crippen molar-refractivity contribution in [1.29, 1.82) is 0 Å². The molecule has 2 fully saturated rings. The first kappa shape index (κ1) is 17.6. The van der Waals surface area contributed by atoms with Crippen molar-refractivity contribution >= 4 is 23.4 Å². The lowest BCUT2D eigenvalue weighted by molar-refractivity contribution is 0.208. The molecule has 1 aromatic carbocycles. The molecule has 0 radical (unpaired) electrons. The predicted molar refractivity (Wildman–Crippen MR) is 107 cm³/mol. The van der Waals surface area contributed by atoms with Crippen LogP contribution in [0, 0.1) is 6.92 Å². The number of nitrogens with zero attached hydrogens (tertiary/aromatic N) is 5. The van der Waals surface area contributed by atoms with Crippen molar-refractivity contribution in [3.8, 4) is 0 Å². The number of aromatic nitrogens is 2. The van der Waals surface area contributed by atoms with E-state index in [0.717, 1.165) is 43.5 Å². The number of rotatable bonds is 3. The van der Waals surface area contributed by atoms with Crippen LogP contribution in [0.1, 0.15) is 18.4 Å². The molecule has 0 saturated carbocycles. The van der Waals surface area contributed by atoms with Crippen LogP contribution in [-0.2, 0) is 0 Å². The Balaban J connectivity index is 1.30. The summed E-state index contributed by atoms with van der Waals surface area (Å²) in [6.07, 6.45) is 2.46. The molecule has 2 amide bonds. The number of nitrogens with one attached hydrogen (secondary N) is 1. The van der Waals surface area contributed by atoms with Gasteiger partial charge < -0.3 is 20.0 Å². The molecule has 2 aliphatic rings. The first-order valence-corrected chi connectivity index (χ1v) is 9.65. The maximum atomic E-state index is 12.5. The molecule has 1 N–H and O–H groups in total. The third-order valence-electron chi connectivity index (χ3n) is 5.26. The summed E-state index contributed by atoms with van der Waals surface area (Å²) in [5.74, 6) is 1.85. The maximum Gasteiger partial charge on any atom is 0.321 e. The average Bonchev–Trinajstić information content (AvgIpc) is 3.25. The highest BCUT2D eigenvalue weighted by Gasteiger charge is 2.22. The number of urea groups is 1. The molecule has 2 aliphatic heterocycles. The van der Waals surface area contributed by atoms with E-state index < -0.39 is 0 Å². The average molecular weight is 366 g/mol. The van der Waals surface area contributed by atoms with E-state index in [4.69, 9.17) is 0 Å². The molecular weight excluding hydrogens is 340 g/mol. The molecule has 0 bridgehead atoms. The van der Waals surface area contributed by atoms with Gasteiger partial charge in [-0.2, -0.15) is 0 Å². The van der Waals surface area contributed by atoms with E-state index in [0.29, 0.717) is 13.1 Å². The highest BCUT2D eigenvalue weighted by atomic mass is 16.2. The number of carbonyl (C=O) groups excluding carboxylic acids is 1. The van der Waals surface area contributed by atoms with Crippen molar-refractivity contribution in [2.45, 2.75) is 19.8 Å². The zero-order valence-electron chi connectivity index (χ0n) is 15.8. The molecule has 2 saturated heterocycles. The van der Waals surface area contributed by atoms with Crippen molar-refractivity contribution in [1.82, 2.24) is 15.1 Å². The molecule has 7 nitrogen and oxygen atoms in total. The summed E-state index contributed by atoms with van der Waals surface area (Å²) in [4.78, 5) is 18.8. The molecular formula is C20H26N6O. The lowest BCUT2D eigenvalue weighted by atomic mass is 10.2. The number of benzene rings is 1. The number of carbonyl (C=O) groups is 1. The number of hydrogen-bond acceptors (Lipinski definition) is 5. The molecule has 7 heteroatoms. The normalized spacial score (nSPS) is 17.3. The van der Waals surface area contributed by atoms with E-state index in [2.05, 4.69) is 31.4 Å². The zero-order chi connectivity index (χ0) is 18.6. The molecule has 0 spiro atoms. The van der Waals surface area contributed by atoms with E-state index in [1.54, 1.807) is 0 Å². The van der Waals surface area contributed by atoms with Crippen LogP contribution in [0.25, 0.3) is 0 Å². The van der Waals surface area contributed by atoms with Crippen LogP contribution < -0.4 is 15.1 Å². The Morgan fingerprint density at radius 3 is 1.93 bits per heavy atom. The first-order chi connectivity index (χ1) is 13.2. The van der Waals surface area contributed by atoms with Crippen molar-refractivity contribution in [2.24, 2.45) is 0 Å². The minimum absolute atomic E-state index is 0.0473. The van der Waals surface area contributed by atoms with Gasteiger partial charge in [-0.25, -0.2) is 4.79 Å². The molecule has 0 aliphatic carbocycles. The maximum absolute atomic E-state index is 12.5. The Hall–Kier alpha value is -2.83. The van der Waals surface area contributed by atoms with E-state index in [9.17, 15) is 4.79 Å². The number of amides is 2. The van der Waals surface area contributed by atoms with Crippen LogP contribution in [0.15, 0.2) is 36.4 Å². The molecule has 4 rings (SSSR count). The Morgan fingerprint density at radius 1 is 0.815 bits per heavy atom. The molecule has 142 valence electrons. The summed E-state index contributed by atoms with van der Waals surface area (Å²) in [7, 11) is 0. The minimum atomic E-state index is -0.0473. The first-order valence-electron chi connectivity index (χ1n) is 9.65. The zero-order valence-corrected chi connectivity index (χ0v) is 15.8.